The number of rotatable bonds is 7. The number of benzene rings is 1. The summed E-state index contributed by atoms with van der Waals surface area (Å²) in [5.74, 6) is 0.821. The van der Waals surface area contributed by atoms with Gasteiger partial charge in [-0.1, -0.05) is 51.1 Å². The Morgan fingerprint density at radius 1 is 1.10 bits per heavy atom. The molecule has 0 fully saturated rings. The minimum atomic E-state index is 0. The van der Waals surface area contributed by atoms with E-state index in [0.29, 0.717) is 24.5 Å². The summed E-state index contributed by atoms with van der Waals surface area (Å²) in [7, 11) is 1.80. The molecule has 6 heteroatoms. The molecule has 1 atom stereocenters. The summed E-state index contributed by atoms with van der Waals surface area (Å²) in [6.45, 7) is 10.3. The van der Waals surface area contributed by atoms with Crippen molar-refractivity contribution < 1.29 is 0 Å². The fourth-order valence-corrected chi connectivity index (χ4v) is 2.89. The van der Waals surface area contributed by atoms with Gasteiger partial charge < -0.3 is 15.2 Å². The van der Waals surface area contributed by atoms with Crippen molar-refractivity contribution >= 4 is 29.9 Å². The summed E-state index contributed by atoms with van der Waals surface area (Å²) in [6.07, 6.45) is 4.09. The van der Waals surface area contributed by atoms with Gasteiger partial charge in [-0.15, -0.1) is 24.0 Å². The maximum absolute atomic E-state index is 11.8. The lowest BCUT2D eigenvalue weighted by Gasteiger charge is -2.23. The van der Waals surface area contributed by atoms with Crippen molar-refractivity contribution in [2.75, 3.05) is 7.05 Å². The van der Waals surface area contributed by atoms with E-state index in [0.717, 1.165) is 17.9 Å². The summed E-state index contributed by atoms with van der Waals surface area (Å²) >= 11 is 0. The van der Waals surface area contributed by atoms with Crippen molar-refractivity contribution in [3.8, 4) is 0 Å². The molecule has 0 aliphatic rings. The number of hydrogen-bond donors (Lipinski definition) is 2. The zero-order valence-corrected chi connectivity index (χ0v) is 20.6. The lowest BCUT2D eigenvalue weighted by atomic mass is 9.89. The van der Waals surface area contributed by atoms with Crippen LogP contribution in [0.4, 0.5) is 0 Å². The van der Waals surface area contributed by atoms with E-state index >= 15 is 0 Å². The van der Waals surface area contributed by atoms with Crippen LogP contribution in [0.3, 0.4) is 0 Å². The molecule has 0 radical (unpaired) electrons. The molecule has 29 heavy (non-hydrogen) atoms. The SMILES string of the molecule is CN=C(NCc1ccc(Cn2ccccc2=O)cc1)NC(C)CCC(C)(C)C.I. The van der Waals surface area contributed by atoms with Crippen LogP contribution >= 0.6 is 24.0 Å². The number of aromatic nitrogens is 1. The van der Waals surface area contributed by atoms with Crippen LogP contribution in [0.1, 0.15) is 51.7 Å². The third-order valence-corrected chi connectivity index (χ3v) is 4.67. The van der Waals surface area contributed by atoms with Crippen molar-refractivity contribution in [2.45, 2.75) is 59.7 Å². The third-order valence-electron chi connectivity index (χ3n) is 4.67. The first-order valence-corrected chi connectivity index (χ1v) is 9.97. The molecule has 0 aliphatic heterocycles. The Labute approximate surface area is 192 Å². The van der Waals surface area contributed by atoms with Gasteiger partial charge in [0.25, 0.3) is 5.56 Å². The zero-order chi connectivity index (χ0) is 20.6. The highest BCUT2D eigenvalue weighted by Crippen LogP contribution is 2.21. The van der Waals surface area contributed by atoms with Crippen molar-refractivity contribution in [2.24, 2.45) is 10.4 Å². The Kier molecular flexibility index (Phi) is 10.4. The molecule has 1 unspecified atom stereocenters. The molecule has 0 aliphatic carbocycles. The number of halogens is 1. The Morgan fingerprint density at radius 3 is 2.34 bits per heavy atom. The predicted molar refractivity (Wildman–Crippen MR) is 133 cm³/mol. The molecule has 0 saturated heterocycles. The molecular weight excluding hydrogens is 475 g/mol. The van der Waals surface area contributed by atoms with E-state index in [-0.39, 0.29) is 29.5 Å². The van der Waals surface area contributed by atoms with Crippen molar-refractivity contribution in [3.63, 3.8) is 0 Å². The van der Waals surface area contributed by atoms with Crippen molar-refractivity contribution in [1.82, 2.24) is 15.2 Å². The number of aliphatic imine (C=N–C) groups is 1. The Morgan fingerprint density at radius 2 is 1.76 bits per heavy atom. The van der Waals surface area contributed by atoms with Crippen molar-refractivity contribution in [3.05, 3.63) is 70.1 Å². The van der Waals surface area contributed by atoms with E-state index in [9.17, 15) is 4.79 Å². The lowest BCUT2D eigenvalue weighted by Crippen LogP contribution is -2.42. The lowest BCUT2D eigenvalue weighted by molar-refractivity contribution is 0.346. The average molecular weight is 510 g/mol. The van der Waals surface area contributed by atoms with Crippen LogP contribution in [-0.4, -0.2) is 23.6 Å². The molecular formula is C23H35IN4O. The van der Waals surface area contributed by atoms with Gasteiger partial charge in [-0.2, -0.15) is 0 Å². The highest BCUT2D eigenvalue weighted by molar-refractivity contribution is 14.0. The Bertz CT molecular complexity index is 822. The Hall–Kier alpha value is -1.83. The summed E-state index contributed by atoms with van der Waals surface area (Å²) in [5.41, 5.74) is 2.65. The standard InChI is InChI=1S/C23H34N4O.HI/c1-18(13-14-23(2,3)4)26-22(24-5)25-16-19-9-11-20(12-10-19)17-27-15-7-6-8-21(27)28;/h6-12,15,18H,13-14,16-17H2,1-5H3,(H2,24,25,26);1H. The van der Waals surface area contributed by atoms with E-state index < -0.39 is 0 Å². The van der Waals surface area contributed by atoms with Gasteiger partial charge in [0.15, 0.2) is 5.96 Å². The second-order valence-corrected chi connectivity index (χ2v) is 8.55. The number of nitrogens with one attached hydrogen (secondary N) is 2. The fourth-order valence-electron chi connectivity index (χ4n) is 2.89. The largest absolute Gasteiger partial charge is 0.354 e. The first-order chi connectivity index (χ1) is 13.3. The molecule has 1 aromatic carbocycles. The second kappa shape index (κ2) is 12.0. The van der Waals surface area contributed by atoms with Crippen LogP contribution in [-0.2, 0) is 13.1 Å². The second-order valence-electron chi connectivity index (χ2n) is 8.55. The summed E-state index contributed by atoms with van der Waals surface area (Å²) < 4.78 is 1.71. The number of nitrogens with zero attached hydrogens (tertiary/aromatic N) is 2. The molecule has 2 N–H and O–H groups in total. The zero-order valence-electron chi connectivity index (χ0n) is 18.2. The summed E-state index contributed by atoms with van der Waals surface area (Å²) in [6, 6.07) is 13.9. The normalized spacial score (nSPS) is 12.8. The monoisotopic (exact) mass is 510 g/mol. The van der Waals surface area contributed by atoms with Crippen LogP contribution < -0.4 is 16.2 Å². The molecule has 2 aromatic rings. The van der Waals surface area contributed by atoms with Crippen LogP contribution in [0.5, 0.6) is 0 Å². The van der Waals surface area contributed by atoms with Gasteiger partial charge in [0.05, 0.1) is 6.54 Å². The minimum Gasteiger partial charge on any atom is -0.354 e. The van der Waals surface area contributed by atoms with Gasteiger partial charge in [-0.3, -0.25) is 9.79 Å². The minimum absolute atomic E-state index is 0. The van der Waals surface area contributed by atoms with E-state index in [2.05, 4.69) is 67.6 Å². The molecule has 0 amide bonds. The average Bonchev–Trinajstić information content (AvgIpc) is 2.66. The predicted octanol–water partition coefficient (Wildman–Crippen LogP) is 4.39. The van der Waals surface area contributed by atoms with Gasteiger partial charge in [-0.05, 0) is 42.4 Å². The van der Waals surface area contributed by atoms with Gasteiger partial charge >= 0.3 is 0 Å². The highest BCUT2D eigenvalue weighted by Gasteiger charge is 2.13. The smallest absolute Gasteiger partial charge is 0.250 e. The maximum Gasteiger partial charge on any atom is 0.250 e. The van der Waals surface area contributed by atoms with E-state index in [1.807, 2.05) is 12.3 Å². The van der Waals surface area contributed by atoms with Crippen LogP contribution in [0.25, 0.3) is 0 Å². The summed E-state index contributed by atoms with van der Waals surface area (Å²) in [4.78, 5) is 16.2. The van der Waals surface area contributed by atoms with Crippen LogP contribution in [0, 0.1) is 5.41 Å². The van der Waals surface area contributed by atoms with Crippen LogP contribution in [0.2, 0.25) is 0 Å². The Balaban J connectivity index is 0.00000420. The quantitative estimate of drug-likeness (QED) is 0.330. The fraction of sp³-hybridized carbons (Fsp3) is 0.478. The molecule has 5 nitrogen and oxygen atoms in total. The maximum atomic E-state index is 11.8. The summed E-state index contributed by atoms with van der Waals surface area (Å²) in [5, 5.41) is 6.84. The molecule has 1 aromatic heterocycles. The van der Waals surface area contributed by atoms with E-state index in [4.69, 9.17) is 0 Å². The molecule has 160 valence electrons. The first-order valence-electron chi connectivity index (χ1n) is 9.97. The molecule has 2 rings (SSSR count). The molecule has 0 saturated carbocycles. The van der Waals surface area contributed by atoms with E-state index in [1.165, 1.54) is 12.0 Å². The van der Waals surface area contributed by atoms with Gasteiger partial charge in [0.1, 0.15) is 0 Å². The van der Waals surface area contributed by atoms with Gasteiger partial charge in [0.2, 0.25) is 0 Å². The molecule has 0 spiro atoms. The molecule has 0 bridgehead atoms. The van der Waals surface area contributed by atoms with Crippen molar-refractivity contribution in [1.29, 1.82) is 0 Å². The first kappa shape index (κ1) is 25.2. The van der Waals surface area contributed by atoms with E-state index in [1.54, 1.807) is 23.7 Å². The van der Waals surface area contributed by atoms with Gasteiger partial charge in [0, 0.05) is 31.9 Å². The molecule has 1 heterocycles. The number of hydrogen-bond acceptors (Lipinski definition) is 2. The van der Waals surface area contributed by atoms with Gasteiger partial charge in [-0.25, -0.2) is 0 Å². The number of pyridine rings is 1. The topological polar surface area (TPSA) is 58.4 Å². The van der Waals surface area contributed by atoms with Crippen LogP contribution in [0.15, 0.2) is 58.4 Å². The highest BCUT2D eigenvalue weighted by atomic mass is 127. The third kappa shape index (κ3) is 9.47. The number of guanidine groups is 1.